The summed E-state index contributed by atoms with van der Waals surface area (Å²) in [6.45, 7) is 10.2. The zero-order chi connectivity index (χ0) is 18.2. The molecule has 6 nitrogen and oxygen atoms in total. The minimum absolute atomic E-state index is 0.0598. The van der Waals surface area contributed by atoms with Crippen LogP contribution in [0.15, 0.2) is 4.99 Å². The van der Waals surface area contributed by atoms with Gasteiger partial charge in [0.2, 0.25) is 5.91 Å². The summed E-state index contributed by atoms with van der Waals surface area (Å²) in [5.74, 6) is 1.70. The second-order valence-corrected chi connectivity index (χ2v) is 7.64. The van der Waals surface area contributed by atoms with Gasteiger partial charge in [0.25, 0.3) is 0 Å². The lowest BCUT2D eigenvalue weighted by atomic mass is 10.1. The maximum Gasteiger partial charge on any atom is 0.243 e. The van der Waals surface area contributed by atoms with E-state index in [1.807, 2.05) is 0 Å². The van der Waals surface area contributed by atoms with E-state index in [2.05, 4.69) is 34.0 Å². The summed E-state index contributed by atoms with van der Waals surface area (Å²) in [4.78, 5) is 23.1. The highest BCUT2D eigenvalue weighted by molar-refractivity contribution is 5.85. The molecule has 0 aromatic rings. The maximum atomic E-state index is 12.0. The van der Waals surface area contributed by atoms with E-state index in [-0.39, 0.29) is 12.5 Å². The minimum Gasteiger partial charge on any atom is -0.353 e. The molecule has 1 unspecified atom stereocenters. The van der Waals surface area contributed by atoms with Gasteiger partial charge in [-0.1, -0.05) is 26.7 Å². The zero-order valence-corrected chi connectivity index (χ0v) is 16.6. The number of likely N-dealkylation sites (tertiary alicyclic amines) is 1. The van der Waals surface area contributed by atoms with E-state index in [9.17, 15) is 4.79 Å². The molecule has 0 aromatic carbocycles. The molecule has 1 amide bonds. The molecule has 1 aliphatic carbocycles. The Hall–Kier alpha value is -1.30. The van der Waals surface area contributed by atoms with Crippen LogP contribution < -0.4 is 5.32 Å². The fourth-order valence-electron chi connectivity index (χ4n) is 3.79. The predicted molar refractivity (Wildman–Crippen MR) is 104 cm³/mol. The van der Waals surface area contributed by atoms with Gasteiger partial charge in [-0.3, -0.25) is 4.79 Å². The fraction of sp³-hybridized carbons (Fsp3) is 0.895. The summed E-state index contributed by atoms with van der Waals surface area (Å²) in [6.07, 6.45) is 6.25. The van der Waals surface area contributed by atoms with E-state index in [0.29, 0.717) is 12.0 Å². The Labute approximate surface area is 153 Å². The second kappa shape index (κ2) is 10.00. The molecular formula is C19H37N5O. The summed E-state index contributed by atoms with van der Waals surface area (Å²) in [6, 6.07) is 0.523. The van der Waals surface area contributed by atoms with E-state index in [4.69, 9.17) is 0 Å². The number of guanidine groups is 1. The average Bonchev–Trinajstić information content (AvgIpc) is 3.27. The van der Waals surface area contributed by atoms with Crippen molar-refractivity contribution in [3.8, 4) is 0 Å². The van der Waals surface area contributed by atoms with Crippen LogP contribution in [0.5, 0.6) is 0 Å². The number of carbonyl (C=O) groups excluding carboxylic acids is 1. The van der Waals surface area contributed by atoms with E-state index in [1.54, 1.807) is 19.0 Å². The molecule has 2 fully saturated rings. The standard InChI is InChI=1S/C19H37N5O/c1-5-23(6-2)14-16-11-12-24(15-16)19(20-13-18(25)22(3)4)21-17-9-7-8-10-17/h16-17H,5-15H2,1-4H3,(H,20,21). The molecule has 1 N–H and O–H groups in total. The van der Waals surface area contributed by atoms with Crippen LogP contribution >= 0.6 is 0 Å². The Kier molecular flexibility index (Phi) is 8.00. The van der Waals surface area contributed by atoms with Crippen LogP contribution in [0.25, 0.3) is 0 Å². The fourth-order valence-corrected chi connectivity index (χ4v) is 3.79. The van der Waals surface area contributed by atoms with Gasteiger partial charge in [-0.25, -0.2) is 4.99 Å². The van der Waals surface area contributed by atoms with Gasteiger partial charge in [-0.15, -0.1) is 0 Å². The largest absolute Gasteiger partial charge is 0.353 e. The molecule has 1 heterocycles. The third kappa shape index (κ3) is 6.17. The second-order valence-electron chi connectivity index (χ2n) is 7.64. The van der Waals surface area contributed by atoms with Crippen LogP contribution in [0.3, 0.4) is 0 Å². The van der Waals surface area contributed by atoms with E-state index < -0.39 is 0 Å². The van der Waals surface area contributed by atoms with Gasteiger partial charge in [-0.2, -0.15) is 0 Å². The first kappa shape index (κ1) is 20.0. The van der Waals surface area contributed by atoms with E-state index in [0.717, 1.165) is 38.7 Å². The molecule has 1 saturated carbocycles. The van der Waals surface area contributed by atoms with Gasteiger partial charge in [0.15, 0.2) is 5.96 Å². The summed E-state index contributed by atoms with van der Waals surface area (Å²) in [5.41, 5.74) is 0. The molecule has 2 aliphatic rings. The molecule has 6 heteroatoms. The lowest BCUT2D eigenvalue weighted by molar-refractivity contribution is -0.127. The normalized spacial score (nSPS) is 22.0. The number of hydrogen-bond donors (Lipinski definition) is 1. The molecule has 144 valence electrons. The van der Waals surface area contributed by atoms with E-state index >= 15 is 0 Å². The number of likely N-dealkylation sites (N-methyl/N-ethyl adjacent to an activating group) is 1. The molecule has 0 aromatic heterocycles. The van der Waals surface area contributed by atoms with Crippen molar-refractivity contribution in [2.24, 2.45) is 10.9 Å². The number of carbonyl (C=O) groups is 1. The lowest BCUT2D eigenvalue weighted by Crippen LogP contribution is -2.45. The Bertz CT molecular complexity index is 441. The summed E-state index contributed by atoms with van der Waals surface area (Å²) >= 11 is 0. The highest BCUT2D eigenvalue weighted by Crippen LogP contribution is 2.21. The molecule has 1 atom stereocenters. The topological polar surface area (TPSA) is 51.2 Å². The number of aliphatic imine (C=N–C) groups is 1. The van der Waals surface area contributed by atoms with Crippen molar-refractivity contribution < 1.29 is 4.79 Å². The summed E-state index contributed by atoms with van der Waals surface area (Å²) in [5, 5.41) is 3.65. The van der Waals surface area contributed by atoms with Crippen LogP contribution in [0.1, 0.15) is 46.0 Å². The smallest absolute Gasteiger partial charge is 0.243 e. The van der Waals surface area contributed by atoms with Crippen molar-refractivity contribution in [3.63, 3.8) is 0 Å². The molecular weight excluding hydrogens is 314 g/mol. The zero-order valence-electron chi connectivity index (χ0n) is 16.6. The lowest BCUT2D eigenvalue weighted by Gasteiger charge is -2.26. The Morgan fingerprint density at radius 1 is 1.16 bits per heavy atom. The van der Waals surface area contributed by atoms with Gasteiger partial charge in [-0.05, 0) is 38.3 Å². The molecule has 0 spiro atoms. The maximum absolute atomic E-state index is 12.0. The van der Waals surface area contributed by atoms with Gasteiger partial charge in [0.05, 0.1) is 0 Å². The third-order valence-corrected chi connectivity index (χ3v) is 5.55. The monoisotopic (exact) mass is 351 g/mol. The van der Waals surface area contributed by atoms with Crippen molar-refractivity contribution in [2.75, 3.05) is 53.4 Å². The molecule has 1 aliphatic heterocycles. The van der Waals surface area contributed by atoms with Crippen LogP contribution in [-0.4, -0.2) is 86.0 Å². The Balaban J connectivity index is 1.96. The Morgan fingerprint density at radius 3 is 2.44 bits per heavy atom. The number of nitrogens with zero attached hydrogens (tertiary/aromatic N) is 4. The van der Waals surface area contributed by atoms with Crippen molar-refractivity contribution >= 4 is 11.9 Å². The number of hydrogen-bond acceptors (Lipinski definition) is 3. The third-order valence-electron chi connectivity index (χ3n) is 5.55. The molecule has 0 bridgehead atoms. The van der Waals surface area contributed by atoms with Crippen LogP contribution in [-0.2, 0) is 4.79 Å². The predicted octanol–water partition coefficient (Wildman–Crippen LogP) is 1.63. The average molecular weight is 352 g/mol. The quantitative estimate of drug-likeness (QED) is 0.559. The first-order valence-electron chi connectivity index (χ1n) is 10.0. The first-order valence-corrected chi connectivity index (χ1v) is 10.0. The van der Waals surface area contributed by atoms with E-state index in [1.165, 1.54) is 32.1 Å². The highest BCUT2D eigenvalue weighted by atomic mass is 16.2. The van der Waals surface area contributed by atoms with Gasteiger partial charge in [0, 0.05) is 39.8 Å². The van der Waals surface area contributed by atoms with Crippen molar-refractivity contribution in [2.45, 2.75) is 52.0 Å². The first-order chi connectivity index (χ1) is 12.0. The van der Waals surface area contributed by atoms with Crippen LogP contribution in [0.4, 0.5) is 0 Å². The highest BCUT2D eigenvalue weighted by Gasteiger charge is 2.28. The van der Waals surface area contributed by atoms with Gasteiger partial charge < -0.3 is 20.0 Å². The Morgan fingerprint density at radius 2 is 1.84 bits per heavy atom. The molecule has 25 heavy (non-hydrogen) atoms. The number of nitrogens with one attached hydrogen (secondary N) is 1. The van der Waals surface area contributed by atoms with Crippen molar-refractivity contribution in [1.82, 2.24) is 20.0 Å². The van der Waals surface area contributed by atoms with Crippen molar-refractivity contribution in [1.29, 1.82) is 0 Å². The number of amides is 1. The van der Waals surface area contributed by atoms with Crippen LogP contribution in [0, 0.1) is 5.92 Å². The van der Waals surface area contributed by atoms with Crippen LogP contribution in [0.2, 0.25) is 0 Å². The molecule has 1 saturated heterocycles. The van der Waals surface area contributed by atoms with Gasteiger partial charge >= 0.3 is 0 Å². The number of rotatable bonds is 7. The van der Waals surface area contributed by atoms with Gasteiger partial charge in [0.1, 0.15) is 6.54 Å². The molecule has 0 radical (unpaired) electrons. The minimum atomic E-state index is 0.0598. The summed E-state index contributed by atoms with van der Waals surface area (Å²) < 4.78 is 0. The SMILES string of the molecule is CCN(CC)CC1CCN(C(=NCC(=O)N(C)C)NC2CCCC2)C1. The summed E-state index contributed by atoms with van der Waals surface area (Å²) in [7, 11) is 3.58. The molecule has 2 rings (SSSR count). The van der Waals surface area contributed by atoms with Crippen molar-refractivity contribution in [3.05, 3.63) is 0 Å².